The summed E-state index contributed by atoms with van der Waals surface area (Å²) in [7, 11) is 0. The first-order chi connectivity index (χ1) is 13.1. The molecule has 1 aromatic carbocycles. The van der Waals surface area contributed by atoms with Gasteiger partial charge in [0, 0.05) is 5.56 Å². The van der Waals surface area contributed by atoms with Crippen LogP contribution in [0, 0.1) is 6.92 Å². The normalized spacial score (nSPS) is 10.6. The second kappa shape index (κ2) is 8.73. The molecule has 1 N–H and O–H groups in total. The highest BCUT2D eigenvalue weighted by Crippen LogP contribution is 2.29. The highest BCUT2D eigenvalue weighted by Gasteiger charge is 2.18. The Bertz CT molecular complexity index is 956. The van der Waals surface area contributed by atoms with Crippen LogP contribution in [0.1, 0.15) is 18.4 Å². The second-order valence-electron chi connectivity index (χ2n) is 5.15. The Morgan fingerprint density at radius 2 is 2.04 bits per heavy atom. The number of rotatable bonds is 6. The highest BCUT2D eigenvalue weighted by molar-refractivity contribution is 8.00. The molecule has 2 aromatic heterocycles. The number of carbonyl (C=O) groups is 2. The van der Waals surface area contributed by atoms with Gasteiger partial charge in [-0.15, -0.1) is 20.4 Å². The summed E-state index contributed by atoms with van der Waals surface area (Å²) in [4.78, 5) is 22.9. The Hall–Kier alpha value is -2.79. The number of nitrogens with zero attached hydrogens (tertiary/aromatic N) is 4. The van der Waals surface area contributed by atoms with E-state index in [9.17, 15) is 9.59 Å². The van der Waals surface area contributed by atoms with Gasteiger partial charge in [-0.2, -0.15) is 0 Å². The Morgan fingerprint density at radius 1 is 1.22 bits per heavy atom. The quantitative estimate of drug-likeness (QED) is 0.285. The summed E-state index contributed by atoms with van der Waals surface area (Å²) in [6.07, 6.45) is 0. The maximum Gasteiger partial charge on any atom is 0.397 e. The molecule has 11 heteroatoms. The van der Waals surface area contributed by atoms with Crippen LogP contribution in [0.25, 0.3) is 11.5 Å². The first-order valence-electron chi connectivity index (χ1n) is 7.89. The molecule has 1 amide bonds. The lowest BCUT2D eigenvalue weighted by Crippen LogP contribution is -2.24. The van der Waals surface area contributed by atoms with Crippen LogP contribution in [-0.4, -0.2) is 38.9 Å². The molecule has 3 rings (SSSR count). The molecular formula is C16H15N5O4S2. The zero-order valence-electron chi connectivity index (χ0n) is 14.5. The van der Waals surface area contributed by atoms with Crippen LogP contribution in [0.2, 0.25) is 0 Å². The Kier molecular flexibility index (Phi) is 6.14. The third-order valence-electron chi connectivity index (χ3n) is 3.25. The van der Waals surface area contributed by atoms with Gasteiger partial charge in [0.1, 0.15) is 0 Å². The number of carbonyl (C=O) groups excluding carboxylic acids is 2. The third-order valence-corrected chi connectivity index (χ3v) is 5.21. The zero-order chi connectivity index (χ0) is 19.2. The molecule has 27 heavy (non-hydrogen) atoms. The topological polar surface area (TPSA) is 120 Å². The summed E-state index contributed by atoms with van der Waals surface area (Å²) in [6, 6.07) is 7.75. The van der Waals surface area contributed by atoms with Crippen molar-refractivity contribution in [3.05, 3.63) is 35.7 Å². The van der Waals surface area contributed by atoms with Crippen LogP contribution in [0.4, 0.5) is 5.13 Å². The molecule has 140 valence electrons. The standard InChI is InChI=1S/C16H15N5O4S2/c1-3-24-14(23)12(22)17-15-20-21-16(27-15)26-8-11-18-19-13(25-11)10-7-5-4-6-9(10)2/h4-7H,3,8H2,1-2H3,(H,17,20,22). The zero-order valence-corrected chi connectivity index (χ0v) is 16.1. The van der Waals surface area contributed by atoms with E-state index in [-0.39, 0.29) is 11.7 Å². The van der Waals surface area contributed by atoms with Crippen molar-refractivity contribution in [1.82, 2.24) is 20.4 Å². The summed E-state index contributed by atoms with van der Waals surface area (Å²) in [6.45, 7) is 3.71. The van der Waals surface area contributed by atoms with E-state index in [1.54, 1.807) is 6.92 Å². The van der Waals surface area contributed by atoms with Crippen LogP contribution in [0.3, 0.4) is 0 Å². The molecular weight excluding hydrogens is 390 g/mol. The van der Waals surface area contributed by atoms with E-state index in [0.717, 1.165) is 22.5 Å². The minimum absolute atomic E-state index is 0.123. The van der Waals surface area contributed by atoms with Crippen LogP contribution in [0.15, 0.2) is 33.0 Å². The molecule has 2 heterocycles. The Balaban J connectivity index is 1.57. The number of thioether (sulfide) groups is 1. The van der Waals surface area contributed by atoms with E-state index < -0.39 is 11.9 Å². The first kappa shape index (κ1) is 19.0. The predicted molar refractivity (Wildman–Crippen MR) is 99.2 cm³/mol. The van der Waals surface area contributed by atoms with Gasteiger partial charge in [0.15, 0.2) is 4.34 Å². The average Bonchev–Trinajstić information content (AvgIpc) is 3.30. The second-order valence-corrected chi connectivity index (χ2v) is 7.35. The average molecular weight is 405 g/mol. The van der Waals surface area contributed by atoms with Crippen molar-refractivity contribution < 1.29 is 18.7 Å². The molecule has 0 aliphatic rings. The van der Waals surface area contributed by atoms with Crippen molar-refractivity contribution in [2.75, 3.05) is 11.9 Å². The van der Waals surface area contributed by atoms with Crippen molar-refractivity contribution in [3.8, 4) is 11.5 Å². The van der Waals surface area contributed by atoms with E-state index in [0.29, 0.717) is 21.9 Å². The maximum atomic E-state index is 11.6. The fraction of sp³-hybridized carbons (Fsp3) is 0.250. The lowest BCUT2D eigenvalue weighted by atomic mass is 10.1. The van der Waals surface area contributed by atoms with Crippen LogP contribution in [-0.2, 0) is 20.1 Å². The van der Waals surface area contributed by atoms with Gasteiger partial charge < -0.3 is 9.15 Å². The van der Waals surface area contributed by atoms with E-state index in [4.69, 9.17) is 4.42 Å². The number of nitrogens with one attached hydrogen (secondary N) is 1. The molecule has 0 spiro atoms. The third kappa shape index (κ3) is 4.89. The van der Waals surface area contributed by atoms with Gasteiger partial charge in [-0.25, -0.2) is 4.79 Å². The molecule has 9 nitrogen and oxygen atoms in total. The number of aromatic nitrogens is 4. The lowest BCUT2D eigenvalue weighted by Gasteiger charge is -1.99. The van der Waals surface area contributed by atoms with Crippen molar-refractivity contribution in [2.45, 2.75) is 23.9 Å². The molecule has 0 aliphatic heterocycles. The Labute approximate surface area is 162 Å². The first-order valence-corrected chi connectivity index (χ1v) is 9.69. The number of esters is 1. The number of aryl methyl sites for hydroxylation is 1. The van der Waals surface area contributed by atoms with Gasteiger partial charge in [0.2, 0.25) is 16.9 Å². The molecule has 0 bridgehead atoms. The minimum Gasteiger partial charge on any atom is -0.459 e. The summed E-state index contributed by atoms with van der Waals surface area (Å²) < 4.78 is 10.9. The fourth-order valence-corrected chi connectivity index (χ4v) is 3.60. The lowest BCUT2D eigenvalue weighted by molar-refractivity contribution is -0.152. The SMILES string of the molecule is CCOC(=O)C(=O)Nc1nnc(SCc2nnc(-c3ccccc3C)o2)s1. The number of amides is 1. The number of ether oxygens (including phenoxy) is 1. The van der Waals surface area contributed by atoms with E-state index in [1.165, 1.54) is 11.8 Å². The highest BCUT2D eigenvalue weighted by atomic mass is 32.2. The summed E-state index contributed by atoms with van der Waals surface area (Å²) in [5.41, 5.74) is 1.94. The van der Waals surface area contributed by atoms with Crippen LogP contribution < -0.4 is 5.32 Å². The predicted octanol–water partition coefficient (Wildman–Crippen LogP) is 2.69. The molecule has 0 unspecified atom stereocenters. The Morgan fingerprint density at radius 3 is 2.81 bits per heavy atom. The molecule has 0 fully saturated rings. The summed E-state index contributed by atoms with van der Waals surface area (Å²) in [5, 5.41) is 18.4. The largest absolute Gasteiger partial charge is 0.459 e. The van der Waals surface area contributed by atoms with Crippen molar-refractivity contribution in [1.29, 1.82) is 0 Å². The van der Waals surface area contributed by atoms with Crippen molar-refractivity contribution >= 4 is 40.1 Å². The molecule has 0 atom stereocenters. The van der Waals surface area contributed by atoms with Gasteiger partial charge >= 0.3 is 11.9 Å². The number of hydrogen-bond donors (Lipinski definition) is 1. The number of hydrogen-bond acceptors (Lipinski definition) is 10. The van der Waals surface area contributed by atoms with E-state index >= 15 is 0 Å². The number of benzene rings is 1. The molecule has 0 saturated carbocycles. The maximum absolute atomic E-state index is 11.6. The van der Waals surface area contributed by atoms with Crippen LogP contribution in [0.5, 0.6) is 0 Å². The smallest absolute Gasteiger partial charge is 0.397 e. The van der Waals surface area contributed by atoms with E-state index in [2.05, 4.69) is 30.4 Å². The summed E-state index contributed by atoms with van der Waals surface area (Å²) in [5.74, 6) is -0.533. The van der Waals surface area contributed by atoms with Gasteiger partial charge in [-0.3, -0.25) is 10.1 Å². The van der Waals surface area contributed by atoms with Crippen LogP contribution >= 0.6 is 23.1 Å². The van der Waals surface area contributed by atoms with Gasteiger partial charge in [0.25, 0.3) is 0 Å². The van der Waals surface area contributed by atoms with Gasteiger partial charge in [0.05, 0.1) is 12.4 Å². The van der Waals surface area contributed by atoms with E-state index in [1.807, 2.05) is 31.2 Å². The van der Waals surface area contributed by atoms with Crippen molar-refractivity contribution in [3.63, 3.8) is 0 Å². The summed E-state index contributed by atoms with van der Waals surface area (Å²) >= 11 is 2.47. The molecule has 0 radical (unpaired) electrons. The minimum atomic E-state index is -0.962. The fourth-order valence-electron chi connectivity index (χ4n) is 2.02. The van der Waals surface area contributed by atoms with Gasteiger partial charge in [-0.1, -0.05) is 41.3 Å². The number of anilines is 1. The van der Waals surface area contributed by atoms with Crippen molar-refractivity contribution in [2.24, 2.45) is 0 Å². The monoisotopic (exact) mass is 405 g/mol. The molecule has 0 aliphatic carbocycles. The van der Waals surface area contributed by atoms with Gasteiger partial charge in [-0.05, 0) is 25.5 Å². The molecule has 0 saturated heterocycles. The molecule has 3 aromatic rings.